The van der Waals surface area contributed by atoms with Gasteiger partial charge in [0, 0.05) is 25.7 Å². The molecule has 0 saturated heterocycles. The fraction of sp³-hybridized carbons (Fsp3) is 0.940. The van der Waals surface area contributed by atoms with Crippen LogP contribution in [0.2, 0.25) is 0 Å². The number of aliphatic hydroxyl groups is 1. The van der Waals surface area contributed by atoms with Gasteiger partial charge in [0.2, 0.25) is 0 Å². The van der Waals surface area contributed by atoms with Crippen molar-refractivity contribution in [2.45, 2.75) is 355 Å². The third-order valence-electron chi connectivity index (χ3n) is 15.8. The Labute approximate surface area is 524 Å². The van der Waals surface area contributed by atoms with E-state index in [9.17, 15) is 43.2 Å². The molecular formula is C67H130O17P2. The summed E-state index contributed by atoms with van der Waals surface area (Å²) in [5, 5.41) is 10.6. The van der Waals surface area contributed by atoms with E-state index in [2.05, 4.69) is 41.5 Å². The first-order chi connectivity index (χ1) is 41.4. The quantitative estimate of drug-likeness (QED) is 0.0222. The second-order valence-electron chi connectivity index (χ2n) is 24.9. The topological polar surface area (TPSA) is 237 Å². The molecule has 86 heavy (non-hydrogen) atoms. The number of phosphoric acid groups is 2. The van der Waals surface area contributed by atoms with Crippen molar-refractivity contribution < 1.29 is 80.2 Å². The summed E-state index contributed by atoms with van der Waals surface area (Å²) in [5.41, 5.74) is 0. The van der Waals surface area contributed by atoms with E-state index in [1.54, 1.807) is 0 Å². The number of rotatable bonds is 66. The minimum Gasteiger partial charge on any atom is -0.462 e. The lowest BCUT2D eigenvalue weighted by Gasteiger charge is -2.21. The van der Waals surface area contributed by atoms with Gasteiger partial charge in [-0.2, -0.15) is 0 Å². The average Bonchev–Trinajstić information content (AvgIpc) is 3.65. The van der Waals surface area contributed by atoms with Gasteiger partial charge < -0.3 is 33.8 Å². The van der Waals surface area contributed by atoms with E-state index in [1.165, 1.54) is 154 Å². The number of aliphatic hydroxyl groups excluding tert-OH is 1. The first-order valence-corrected chi connectivity index (χ1v) is 38.0. The molecule has 0 aromatic rings. The normalized spacial score (nSPS) is 14.5. The number of unbranched alkanes of at least 4 members (excludes halogenated alkanes) is 35. The smallest absolute Gasteiger partial charge is 0.462 e. The minimum atomic E-state index is -4.95. The highest BCUT2D eigenvalue weighted by Crippen LogP contribution is 2.45. The number of esters is 4. The number of ether oxygens (including phenoxy) is 4. The lowest BCUT2D eigenvalue weighted by Crippen LogP contribution is -2.30. The van der Waals surface area contributed by atoms with Crippen LogP contribution >= 0.6 is 15.6 Å². The summed E-state index contributed by atoms with van der Waals surface area (Å²) < 4.78 is 68.1. The highest BCUT2D eigenvalue weighted by molar-refractivity contribution is 7.47. The van der Waals surface area contributed by atoms with Crippen molar-refractivity contribution in [2.24, 2.45) is 11.8 Å². The van der Waals surface area contributed by atoms with Crippen LogP contribution in [-0.4, -0.2) is 96.7 Å². The molecule has 0 saturated carbocycles. The maximum absolute atomic E-state index is 13.0. The monoisotopic (exact) mass is 1270 g/mol. The van der Waals surface area contributed by atoms with Gasteiger partial charge in [-0.25, -0.2) is 9.13 Å². The summed E-state index contributed by atoms with van der Waals surface area (Å²) >= 11 is 0. The Hall–Kier alpha value is -1.94. The number of carbonyl (C=O) groups excluding carboxylic acids is 4. The summed E-state index contributed by atoms with van der Waals surface area (Å²) in [6.07, 6.45) is 42.9. The fourth-order valence-electron chi connectivity index (χ4n) is 10.0. The molecule has 0 aliphatic carbocycles. The van der Waals surface area contributed by atoms with Crippen LogP contribution in [0.25, 0.3) is 0 Å². The van der Waals surface area contributed by atoms with E-state index in [0.29, 0.717) is 25.7 Å². The second kappa shape index (κ2) is 59.4. The first kappa shape index (κ1) is 84.1. The van der Waals surface area contributed by atoms with Crippen molar-refractivity contribution in [3.8, 4) is 0 Å². The SMILES string of the molecule is CCCCCCCCCCCCCCCC(=O)O[C@H](COC(=O)CCCCCCCCCCCC(C)C)COP(=O)(O)OC[C@@H](O)COP(=O)(O)OC[C@@H](COC(=O)CCCCCCCCCCC)OC(=O)CCCCCCCCCCC(C)CC. The largest absolute Gasteiger partial charge is 0.472 e. The van der Waals surface area contributed by atoms with Gasteiger partial charge >= 0.3 is 39.5 Å². The number of hydrogen-bond donors (Lipinski definition) is 3. The molecule has 19 heteroatoms. The predicted molar refractivity (Wildman–Crippen MR) is 345 cm³/mol. The van der Waals surface area contributed by atoms with Gasteiger partial charge in [-0.05, 0) is 37.5 Å². The van der Waals surface area contributed by atoms with Gasteiger partial charge in [-0.1, -0.05) is 286 Å². The van der Waals surface area contributed by atoms with E-state index in [0.717, 1.165) is 102 Å². The molecule has 6 atom stereocenters. The predicted octanol–water partition coefficient (Wildman–Crippen LogP) is 18.8. The first-order valence-electron chi connectivity index (χ1n) is 35.0. The van der Waals surface area contributed by atoms with Gasteiger partial charge in [-0.15, -0.1) is 0 Å². The van der Waals surface area contributed by atoms with Crippen LogP contribution in [0.15, 0.2) is 0 Å². The Morgan fingerprint density at radius 2 is 0.593 bits per heavy atom. The molecule has 0 amide bonds. The van der Waals surface area contributed by atoms with Crippen molar-refractivity contribution in [3.05, 3.63) is 0 Å². The van der Waals surface area contributed by atoms with E-state index < -0.39 is 97.5 Å². The van der Waals surface area contributed by atoms with Crippen molar-refractivity contribution in [1.82, 2.24) is 0 Å². The minimum absolute atomic E-state index is 0.105. The fourth-order valence-corrected chi connectivity index (χ4v) is 11.6. The zero-order valence-corrected chi connectivity index (χ0v) is 57.4. The Bertz CT molecular complexity index is 1690. The molecule has 0 rings (SSSR count). The Balaban J connectivity index is 5.25. The van der Waals surface area contributed by atoms with Crippen LogP contribution in [0, 0.1) is 11.8 Å². The van der Waals surface area contributed by atoms with E-state index in [4.69, 9.17) is 37.0 Å². The van der Waals surface area contributed by atoms with Gasteiger partial charge in [0.1, 0.15) is 19.3 Å². The van der Waals surface area contributed by atoms with Crippen LogP contribution in [-0.2, 0) is 65.4 Å². The van der Waals surface area contributed by atoms with Crippen LogP contribution in [0.5, 0.6) is 0 Å². The molecule has 0 aromatic carbocycles. The Morgan fingerprint density at radius 1 is 0.337 bits per heavy atom. The summed E-state index contributed by atoms with van der Waals surface area (Å²) in [6.45, 7) is 9.49. The summed E-state index contributed by atoms with van der Waals surface area (Å²) in [4.78, 5) is 72.4. The highest BCUT2D eigenvalue weighted by Gasteiger charge is 2.30. The van der Waals surface area contributed by atoms with E-state index in [1.807, 2.05) is 0 Å². The standard InChI is InChI=1S/C67H130O17P2/c1-7-10-12-14-16-18-19-20-21-25-33-39-45-51-66(71)83-62(56-78-65(70)50-44-38-32-26-22-24-29-35-41-47-59(4)5)57-81-85(73,74)79-53-61(68)54-80-86(75,76)82-58-63(55-77-64(69)49-43-37-31-23-17-15-13-11-8-2)84-67(72)52-46-40-34-28-27-30-36-42-48-60(6)9-3/h59-63,68H,7-58H2,1-6H3,(H,73,74)(H,75,76)/t60?,61-,62-,63-/m1/s1. The number of hydrogen-bond acceptors (Lipinski definition) is 15. The van der Waals surface area contributed by atoms with Crippen LogP contribution in [0.1, 0.15) is 337 Å². The van der Waals surface area contributed by atoms with Gasteiger partial charge in [0.15, 0.2) is 12.2 Å². The van der Waals surface area contributed by atoms with Crippen LogP contribution in [0.3, 0.4) is 0 Å². The summed E-state index contributed by atoms with van der Waals surface area (Å²) in [7, 11) is -9.89. The average molecular weight is 1270 g/mol. The number of phosphoric ester groups is 2. The molecule has 0 heterocycles. The zero-order valence-electron chi connectivity index (χ0n) is 55.6. The van der Waals surface area contributed by atoms with Gasteiger partial charge in [0.25, 0.3) is 0 Å². The molecule has 17 nitrogen and oxygen atoms in total. The molecule has 0 aromatic heterocycles. The van der Waals surface area contributed by atoms with Crippen molar-refractivity contribution >= 4 is 39.5 Å². The van der Waals surface area contributed by atoms with E-state index in [-0.39, 0.29) is 25.7 Å². The van der Waals surface area contributed by atoms with Gasteiger partial charge in [-0.3, -0.25) is 37.3 Å². The molecule has 3 unspecified atom stereocenters. The molecule has 0 fully saturated rings. The van der Waals surface area contributed by atoms with Crippen molar-refractivity contribution in [2.75, 3.05) is 39.6 Å². The Kier molecular flexibility index (Phi) is 58.0. The van der Waals surface area contributed by atoms with Gasteiger partial charge in [0.05, 0.1) is 26.4 Å². The maximum Gasteiger partial charge on any atom is 0.472 e. The zero-order chi connectivity index (χ0) is 63.6. The van der Waals surface area contributed by atoms with Crippen LogP contribution in [0.4, 0.5) is 0 Å². The molecule has 3 N–H and O–H groups in total. The summed E-state index contributed by atoms with van der Waals surface area (Å²) in [6, 6.07) is 0. The molecular weight excluding hydrogens is 1140 g/mol. The lowest BCUT2D eigenvalue weighted by atomic mass is 9.99. The molecule has 0 aliphatic rings. The van der Waals surface area contributed by atoms with E-state index >= 15 is 0 Å². The Morgan fingerprint density at radius 3 is 0.884 bits per heavy atom. The molecule has 0 aliphatic heterocycles. The highest BCUT2D eigenvalue weighted by atomic mass is 31.2. The third kappa shape index (κ3) is 59.7. The van der Waals surface area contributed by atoms with Crippen molar-refractivity contribution in [1.29, 1.82) is 0 Å². The lowest BCUT2D eigenvalue weighted by molar-refractivity contribution is -0.161. The van der Waals surface area contributed by atoms with Crippen molar-refractivity contribution in [3.63, 3.8) is 0 Å². The maximum atomic E-state index is 13.0. The second-order valence-corrected chi connectivity index (χ2v) is 27.8. The van der Waals surface area contributed by atoms with Crippen LogP contribution < -0.4 is 0 Å². The molecule has 0 spiro atoms. The molecule has 510 valence electrons. The summed E-state index contributed by atoms with van der Waals surface area (Å²) in [5.74, 6) is -0.616. The number of carbonyl (C=O) groups is 4. The molecule has 0 bridgehead atoms. The third-order valence-corrected chi connectivity index (χ3v) is 17.7. The molecule has 0 radical (unpaired) electrons.